The third-order valence-electron chi connectivity index (χ3n) is 5.89. The summed E-state index contributed by atoms with van der Waals surface area (Å²) in [5, 5.41) is 11.2. The Morgan fingerprint density at radius 1 is 0.679 bits per heavy atom. The predicted octanol–water partition coefficient (Wildman–Crippen LogP) is 7.23. The minimum Gasteiger partial charge on any atom is -0.507 e. The van der Waals surface area contributed by atoms with Crippen molar-refractivity contribution in [2.24, 2.45) is 0 Å². The van der Waals surface area contributed by atoms with Crippen LogP contribution in [0.1, 0.15) is 63.8 Å². The molecule has 0 unspecified atom stereocenters. The van der Waals surface area contributed by atoms with E-state index in [-0.39, 0.29) is 10.8 Å². The van der Waals surface area contributed by atoms with Crippen LogP contribution in [-0.2, 0) is 17.3 Å². The molecule has 0 fully saturated rings. The Morgan fingerprint density at radius 2 is 1.36 bits per heavy atom. The second-order valence-corrected chi connectivity index (χ2v) is 10.1. The lowest BCUT2D eigenvalue weighted by Gasteiger charge is -2.27. The normalized spacial score (nSPS) is 13.4. The lowest BCUT2D eigenvalue weighted by Crippen LogP contribution is -2.17. The van der Waals surface area contributed by atoms with Gasteiger partial charge >= 0.3 is 0 Å². The second-order valence-electron chi connectivity index (χ2n) is 10.1. The number of fused-ring (bicyclic) bond motifs is 3. The van der Waals surface area contributed by atoms with E-state index in [0.717, 1.165) is 23.1 Å². The Balaban J connectivity index is 1.89. The van der Waals surface area contributed by atoms with E-state index in [1.54, 1.807) is 0 Å². The number of aromatic hydroxyl groups is 1. The van der Waals surface area contributed by atoms with E-state index in [2.05, 4.69) is 96.1 Å². The summed E-state index contributed by atoms with van der Waals surface area (Å²) in [6, 6.07) is 19.6. The first-order chi connectivity index (χ1) is 13.1. The molecular weight excluding hydrogens is 340 g/mol. The van der Waals surface area contributed by atoms with Gasteiger partial charge in [0, 0.05) is 11.1 Å². The summed E-state index contributed by atoms with van der Waals surface area (Å²) in [6.07, 6.45) is 0.963. The van der Waals surface area contributed by atoms with Crippen molar-refractivity contribution < 1.29 is 5.11 Å². The first-order valence-electron chi connectivity index (χ1n) is 10.2. The van der Waals surface area contributed by atoms with Crippen molar-refractivity contribution >= 4 is 0 Å². The Hall–Kier alpha value is -2.54. The van der Waals surface area contributed by atoms with Crippen molar-refractivity contribution in [1.82, 2.24) is 0 Å². The molecule has 0 spiro atoms. The molecule has 0 radical (unpaired) electrons. The monoisotopic (exact) mass is 370 g/mol. The fraction of sp³-hybridized carbons (Fsp3) is 0.333. The number of rotatable bonds is 1. The first kappa shape index (κ1) is 18.8. The number of hydrogen-bond donors (Lipinski definition) is 1. The molecule has 0 saturated carbocycles. The highest BCUT2D eigenvalue weighted by Crippen LogP contribution is 2.44. The van der Waals surface area contributed by atoms with Gasteiger partial charge in [-0.25, -0.2) is 0 Å². The van der Waals surface area contributed by atoms with Gasteiger partial charge in [0.1, 0.15) is 5.75 Å². The summed E-state index contributed by atoms with van der Waals surface area (Å²) < 4.78 is 0. The van der Waals surface area contributed by atoms with Gasteiger partial charge < -0.3 is 5.11 Å². The zero-order valence-electron chi connectivity index (χ0n) is 17.9. The lowest BCUT2D eigenvalue weighted by molar-refractivity contribution is 0.446. The molecule has 28 heavy (non-hydrogen) atoms. The minimum atomic E-state index is -0.118. The molecule has 3 aromatic rings. The van der Waals surface area contributed by atoms with Crippen LogP contribution in [0.2, 0.25) is 0 Å². The van der Waals surface area contributed by atoms with Gasteiger partial charge in [0.15, 0.2) is 0 Å². The molecule has 144 valence electrons. The van der Waals surface area contributed by atoms with Crippen LogP contribution in [0.4, 0.5) is 0 Å². The van der Waals surface area contributed by atoms with E-state index in [9.17, 15) is 5.11 Å². The SMILES string of the molecule is CC(C)(C)c1cc(-c2ccc3c(c2)Cc2ccccc2-3)c(O)c(C(C)(C)C)c1. The summed E-state index contributed by atoms with van der Waals surface area (Å²) >= 11 is 0. The van der Waals surface area contributed by atoms with E-state index >= 15 is 0 Å². The molecule has 0 bridgehead atoms. The topological polar surface area (TPSA) is 20.2 Å². The van der Waals surface area contributed by atoms with Gasteiger partial charge in [-0.3, -0.25) is 0 Å². The van der Waals surface area contributed by atoms with Crippen LogP contribution in [0.15, 0.2) is 54.6 Å². The summed E-state index contributed by atoms with van der Waals surface area (Å²) in [4.78, 5) is 0. The average molecular weight is 371 g/mol. The fourth-order valence-corrected chi connectivity index (χ4v) is 4.17. The molecule has 1 heteroatoms. The van der Waals surface area contributed by atoms with Crippen LogP contribution in [0, 0.1) is 0 Å². The molecule has 0 atom stereocenters. The van der Waals surface area contributed by atoms with Crippen LogP contribution in [-0.4, -0.2) is 5.11 Å². The maximum atomic E-state index is 11.2. The lowest BCUT2D eigenvalue weighted by atomic mass is 9.78. The van der Waals surface area contributed by atoms with E-state index in [1.807, 2.05) is 0 Å². The van der Waals surface area contributed by atoms with E-state index < -0.39 is 0 Å². The maximum absolute atomic E-state index is 11.2. The quantitative estimate of drug-likeness (QED) is 0.375. The molecule has 0 saturated heterocycles. The van der Waals surface area contributed by atoms with Gasteiger partial charge in [-0.05, 0) is 56.7 Å². The van der Waals surface area contributed by atoms with Crippen LogP contribution >= 0.6 is 0 Å². The second kappa shape index (κ2) is 6.24. The van der Waals surface area contributed by atoms with Crippen molar-refractivity contribution in [1.29, 1.82) is 0 Å². The summed E-state index contributed by atoms with van der Waals surface area (Å²) in [5.41, 5.74) is 9.61. The van der Waals surface area contributed by atoms with E-state index in [4.69, 9.17) is 0 Å². The van der Waals surface area contributed by atoms with E-state index in [1.165, 1.54) is 27.8 Å². The third-order valence-corrected chi connectivity index (χ3v) is 5.89. The highest BCUT2D eigenvalue weighted by molar-refractivity contribution is 5.82. The van der Waals surface area contributed by atoms with Crippen LogP contribution in [0.3, 0.4) is 0 Å². The Bertz CT molecular complexity index is 1060. The Labute approximate surface area is 169 Å². The molecule has 1 aliphatic rings. The number of phenols is 1. The van der Waals surface area contributed by atoms with Gasteiger partial charge in [-0.1, -0.05) is 90.1 Å². The van der Waals surface area contributed by atoms with Crippen LogP contribution < -0.4 is 0 Å². The van der Waals surface area contributed by atoms with Crippen molar-refractivity contribution in [3.05, 3.63) is 76.9 Å². The fourth-order valence-electron chi connectivity index (χ4n) is 4.17. The average Bonchev–Trinajstić information content (AvgIpc) is 2.97. The number of phenolic OH excluding ortho intramolecular Hbond substituents is 1. The van der Waals surface area contributed by atoms with Gasteiger partial charge in [0.2, 0.25) is 0 Å². The predicted molar refractivity (Wildman–Crippen MR) is 119 cm³/mol. The molecule has 0 aromatic heterocycles. The standard InChI is InChI=1S/C27H30O/c1-26(2,3)20-15-23(25(28)24(16-20)27(4,5)6)18-11-12-22-19(14-18)13-17-9-7-8-10-21(17)22/h7-12,14-16,28H,13H2,1-6H3. The van der Waals surface area contributed by atoms with Crippen LogP contribution in [0.5, 0.6) is 5.75 Å². The smallest absolute Gasteiger partial charge is 0.127 e. The van der Waals surface area contributed by atoms with Crippen molar-refractivity contribution in [3.8, 4) is 28.0 Å². The molecule has 3 aromatic carbocycles. The van der Waals surface area contributed by atoms with Gasteiger partial charge in [-0.15, -0.1) is 0 Å². The molecule has 0 aliphatic heterocycles. The minimum absolute atomic E-state index is 0.0232. The van der Waals surface area contributed by atoms with E-state index in [0.29, 0.717) is 5.75 Å². The van der Waals surface area contributed by atoms with Crippen molar-refractivity contribution in [3.63, 3.8) is 0 Å². The molecule has 0 amide bonds. The molecular formula is C27H30O. The van der Waals surface area contributed by atoms with Crippen LogP contribution in [0.25, 0.3) is 22.3 Å². The van der Waals surface area contributed by atoms with Gasteiger partial charge in [0.25, 0.3) is 0 Å². The molecule has 1 N–H and O–H groups in total. The maximum Gasteiger partial charge on any atom is 0.127 e. The summed E-state index contributed by atoms with van der Waals surface area (Å²) in [5.74, 6) is 0.413. The molecule has 1 nitrogen and oxygen atoms in total. The largest absolute Gasteiger partial charge is 0.507 e. The highest BCUT2D eigenvalue weighted by Gasteiger charge is 2.26. The van der Waals surface area contributed by atoms with Gasteiger partial charge in [-0.2, -0.15) is 0 Å². The van der Waals surface area contributed by atoms with Gasteiger partial charge in [0.05, 0.1) is 0 Å². The van der Waals surface area contributed by atoms with Crippen molar-refractivity contribution in [2.75, 3.05) is 0 Å². The highest BCUT2D eigenvalue weighted by atomic mass is 16.3. The van der Waals surface area contributed by atoms with Crippen molar-refractivity contribution in [2.45, 2.75) is 58.8 Å². The first-order valence-corrected chi connectivity index (χ1v) is 10.2. The molecule has 0 heterocycles. The summed E-state index contributed by atoms with van der Waals surface area (Å²) in [7, 11) is 0. The third kappa shape index (κ3) is 3.13. The molecule has 4 rings (SSSR count). The Morgan fingerprint density at radius 3 is 2.04 bits per heavy atom. The zero-order valence-corrected chi connectivity index (χ0v) is 17.9. The Kier molecular flexibility index (Phi) is 4.19. The number of benzene rings is 3. The molecule has 1 aliphatic carbocycles. The number of hydrogen-bond acceptors (Lipinski definition) is 1. The zero-order chi connectivity index (χ0) is 20.3. The summed E-state index contributed by atoms with van der Waals surface area (Å²) in [6.45, 7) is 13.2.